The van der Waals surface area contributed by atoms with Crippen LogP contribution in [-0.2, 0) is 22.5 Å². The second-order valence-electron chi connectivity index (χ2n) is 5.37. The maximum absolute atomic E-state index is 11.3. The molecule has 1 heterocycles. The first-order valence-electron chi connectivity index (χ1n) is 8.05. The third kappa shape index (κ3) is 5.64. The largest absolute Gasteiger partial charge is 0.493 e. The molecule has 0 spiro atoms. The smallest absolute Gasteiger partial charge is 0.316 e. The number of esters is 1. The molecule has 0 radical (unpaired) electrons. The van der Waals surface area contributed by atoms with Crippen molar-refractivity contribution >= 4 is 29.3 Å². The zero-order valence-corrected chi connectivity index (χ0v) is 16.2. The normalized spacial score (nSPS) is 10.7. The summed E-state index contributed by atoms with van der Waals surface area (Å²) in [6.45, 7) is 5.34. The highest BCUT2D eigenvalue weighted by Gasteiger charge is 2.13. The Kier molecular flexibility index (Phi) is 7.58. The minimum Gasteiger partial charge on any atom is -0.493 e. The van der Waals surface area contributed by atoms with Gasteiger partial charge in [-0.05, 0) is 44.0 Å². The van der Waals surface area contributed by atoms with E-state index in [-0.39, 0.29) is 11.7 Å². The van der Waals surface area contributed by atoms with Crippen molar-refractivity contribution in [3.05, 3.63) is 34.6 Å². The number of carbonyl (C=O) groups is 1. The summed E-state index contributed by atoms with van der Waals surface area (Å²) in [5, 5.41) is 9.84. The quantitative estimate of drug-likeness (QED) is 0.375. The third-order valence-electron chi connectivity index (χ3n) is 3.60. The highest BCUT2D eigenvalue weighted by molar-refractivity contribution is 7.99. The second-order valence-corrected chi connectivity index (χ2v) is 6.75. The monoisotopic (exact) mass is 383 g/mol. The summed E-state index contributed by atoms with van der Waals surface area (Å²) in [5.41, 5.74) is 1.02. The summed E-state index contributed by atoms with van der Waals surface area (Å²) >= 11 is 7.28. The van der Waals surface area contributed by atoms with Gasteiger partial charge in [-0.25, -0.2) is 0 Å². The van der Waals surface area contributed by atoms with Crippen molar-refractivity contribution in [3.8, 4) is 5.75 Å². The lowest BCUT2D eigenvalue weighted by Gasteiger charge is -2.10. The van der Waals surface area contributed by atoms with Gasteiger partial charge in [-0.2, -0.15) is 0 Å². The van der Waals surface area contributed by atoms with Crippen molar-refractivity contribution in [2.75, 3.05) is 19.5 Å². The number of hydrogen-bond acceptors (Lipinski definition) is 6. The summed E-state index contributed by atoms with van der Waals surface area (Å²) in [4.78, 5) is 11.3. The fraction of sp³-hybridized carbons (Fsp3) is 0.471. The molecule has 1 aromatic carbocycles. The summed E-state index contributed by atoms with van der Waals surface area (Å²) in [7, 11) is 1.38. The molecule has 25 heavy (non-hydrogen) atoms. The maximum atomic E-state index is 11.3. The van der Waals surface area contributed by atoms with Crippen LogP contribution >= 0.6 is 23.4 Å². The number of nitrogens with zero attached hydrogens (tertiary/aromatic N) is 3. The van der Waals surface area contributed by atoms with Gasteiger partial charge in [0.15, 0.2) is 5.16 Å². The lowest BCUT2D eigenvalue weighted by atomic mass is 10.2. The molecule has 0 aliphatic heterocycles. The Bertz CT molecular complexity index is 721. The van der Waals surface area contributed by atoms with E-state index in [2.05, 4.69) is 14.9 Å². The van der Waals surface area contributed by atoms with Crippen LogP contribution in [-0.4, -0.2) is 40.2 Å². The number of halogens is 1. The van der Waals surface area contributed by atoms with E-state index in [0.717, 1.165) is 41.7 Å². The van der Waals surface area contributed by atoms with Crippen LogP contribution < -0.4 is 4.74 Å². The number of ether oxygens (including phenoxy) is 2. The number of benzene rings is 1. The van der Waals surface area contributed by atoms with Crippen molar-refractivity contribution in [3.63, 3.8) is 0 Å². The van der Waals surface area contributed by atoms with Crippen molar-refractivity contribution in [2.45, 2.75) is 38.4 Å². The van der Waals surface area contributed by atoms with Crippen LogP contribution in [0.15, 0.2) is 23.4 Å². The standard InChI is InChI=1S/C17H22ClN3O3S/c1-4-21-15(19-20-17(21)25-11-16(22)23-3)6-5-9-24-14-8-7-13(18)10-12(14)2/h7-8,10H,4-6,9,11H2,1-3H3. The second kappa shape index (κ2) is 9.68. The van der Waals surface area contributed by atoms with Gasteiger partial charge in [0, 0.05) is 18.0 Å². The van der Waals surface area contributed by atoms with Crippen LogP contribution in [0, 0.1) is 6.92 Å². The number of hydrogen-bond donors (Lipinski definition) is 0. The number of methoxy groups -OCH3 is 1. The van der Waals surface area contributed by atoms with Crippen molar-refractivity contribution in [1.82, 2.24) is 14.8 Å². The Balaban J connectivity index is 1.86. The molecule has 1 aromatic heterocycles. The first-order valence-corrected chi connectivity index (χ1v) is 9.42. The SMILES string of the molecule is CCn1c(CCCOc2ccc(Cl)cc2C)nnc1SCC(=O)OC. The average Bonchev–Trinajstić information content (AvgIpc) is 2.99. The predicted molar refractivity (Wildman–Crippen MR) is 98.4 cm³/mol. The molecule has 2 rings (SSSR count). The van der Waals surface area contributed by atoms with E-state index in [1.165, 1.54) is 18.9 Å². The molecular weight excluding hydrogens is 362 g/mol. The van der Waals surface area contributed by atoms with E-state index < -0.39 is 0 Å². The number of rotatable bonds is 9. The van der Waals surface area contributed by atoms with E-state index in [0.29, 0.717) is 11.6 Å². The van der Waals surface area contributed by atoms with Crippen LogP contribution in [0.2, 0.25) is 5.02 Å². The first-order chi connectivity index (χ1) is 12.0. The molecule has 0 aliphatic carbocycles. The zero-order valence-electron chi connectivity index (χ0n) is 14.6. The summed E-state index contributed by atoms with van der Waals surface area (Å²) in [6.07, 6.45) is 1.58. The molecular formula is C17H22ClN3O3S. The van der Waals surface area contributed by atoms with Gasteiger partial charge in [0.25, 0.3) is 0 Å². The Labute approximate surface area is 156 Å². The van der Waals surface area contributed by atoms with Gasteiger partial charge in [-0.1, -0.05) is 23.4 Å². The lowest BCUT2D eigenvalue weighted by molar-refractivity contribution is -0.137. The number of thioether (sulfide) groups is 1. The molecule has 0 saturated heterocycles. The van der Waals surface area contributed by atoms with Crippen molar-refractivity contribution in [2.24, 2.45) is 0 Å². The predicted octanol–water partition coefficient (Wildman–Crippen LogP) is 3.54. The summed E-state index contributed by atoms with van der Waals surface area (Å²) < 4.78 is 12.5. The minimum absolute atomic E-state index is 0.230. The third-order valence-corrected chi connectivity index (χ3v) is 4.77. The number of aromatic nitrogens is 3. The zero-order chi connectivity index (χ0) is 18.2. The molecule has 0 N–H and O–H groups in total. The topological polar surface area (TPSA) is 66.2 Å². The Hall–Kier alpha value is -1.73. The van der Waals surface area contributed by atoms with Gasteiger partial charge in [0.2, 0.25) is 0 Å². The van der Waals surface area contributed by atoms with Crippen LogP contribution in [0.5, 0.6) is 5.75 Å². The van der Waals surface area contributed by atoms with E-state index in [9.17, 15) is 4.79 Å². The highest BCUT2D eigenvalue weighted by atomic mass is 35.5. The van der Waals surface area contributed by atoms with Crippen molar-refractivity contribution < 1.29 is 14.3 Å². The Morgan fingerprint density at radius 1 is 1.36 bits per heavy atom. The molecule has 0 saturated carbocycles. The van der Waals surface area contributed by atoms with E-state index in [1.807, 2.05) is 36.6 Å². The van der Waals surface area contributed by atoms with Crippen molar-refractivity contribution in [1.29, 1.82) is 0 Å². The molecule has 0 amide bonds. The lowest BCUT2D eigenvalue weighted by Crippen LogP contribution is -2.08. The maximum Gasteiger partial charge on any atom is 0.316 e. The number of aryl methyl sites for hydroxylation is 2. The van der Waals surface area contributed by atoms with Gasteiger partial charge in [-0.15, -0.1) is 10.2 Å². The van der Waals surface area contributed by atoms with Gasteiger partial charge < -0.3 is 14.0 Å². The summed E-state index contributed by atoms with van der Waals surface area (Å²) in [6, 6.07) is 5.59. The Morgan fingerprint density at radius 3 is 2.84 bits per heavy atom. The molecule has 0 unspecified atom stereocenters. The molecule has 0 atom stereocenters. The van der Waals surface area contributed by atoms with Crippen LogP contribution in [0.25, 0.3) is 0 Å². The van der Waals surface area contributed by atoms with E-state index in [4.69, 9.17) is 16.3 Å². The Morgan fingerprint density at radius 2 is 2.16 bits per heavy atom. The van der Waals surface area contributed by atoms with Gasteiger partial charge in [0.1, 0.15) is 11.6 Å². The van der Waals surface area contributed by atoms with E-state index >= 15 is 0 Å². The minimum atomic E-state index is -0.274. The van der Waals surface area contributed by atoms with E-state index in [1.54, 1.807) is 0 Å². The van der Waals surface area contributed by atoms with Gasteiger partial charge in [-0.3, -0.25) is 4.79 Å². The highest BCUT2D eigenvalue weighted by Crippen LogP contribution is 2.22. The van der Waals surface area contributed by atoms with Crippen LogP contribution in [0.3, 0.4) is 0 Å². The molecule has 0 bridgehead atoms. The fourth-order valence-corrected chi connectivity index (χ4v) is 3.38. The fourth-order valence-electron chi connectivity index (χ4n) is 2.30. The number of carbonyl (C=O) groups excluding carboxylic acids is 1. The molecule has 0 aliphatic rings. The van der Waals surface area contributed by atoms with Gasteiger partial charge >= 0.3 is 5.97 Å². The molecule has 8 heteroatoms. The summed E-state index contributed by atoms with van der Waals surface area (Å²) in [5.74, 6) is 1.69. The molecule has 6 nitrogen and oxygen atoms in total. The first kappa shape index (κ1) is 19.6. The molecule has 2 aromatic rings. The van der Waals surface area contributed by atoms with Crippen LogP contribution in [0.4, 0.5) is 0 Å². The molecule has 0 fully saturated rings. The average molecular weight is 384 g/mol. The van der Waals surface area contributed by atoms with Gasteiger partial charge in [0.05, 0.1) is 19.5 Å². The molecule has 136 valence electrons. The van der Waals surface area contributed by atoms with Crippen LogP contribution in [0.1, 0.15) is 24.7 Å².